The smallest absolute Gasteiger partial charge is 0.126 e. The van der Waals surface area contributed by atoms with Gasteiger partial charge >= 0.3 is 0 Å². The third kappa shape index (κ3) is 3.11. The summed E-state index contributed by atoms with van der Waals surface area (Å²) in [6, 6.07) is 3.18. The molecule has 1 heterocycles. The lowest BCUT2D eigenvalue weighted by Crippen LogP contribution is -2.19. The number of aliphatic hydroxyl groups is 1. The van der Waals surface area contributed by atoms with Crippen LogP contribution in [-0.4, -0.2) is 17.1 Å². The van der Waals surface area contributed by atoms with E-state index in [0.717, 1.165) is 11.4 Å². The lowest BCUT2D eigenvalue weighted by molar-refractivity contribution is 0.199. The minimum absolute atomic E-state index is 0.290. The molecule has 0 saturated carbocycles. The van der Waals surface area contributed by atoms with Crippen molar-refractivity contribution in [1.82, 2.24) is 4.98 Å². The van der Waals surface area contributed by atoms with E-state index in [0.29, 0.717) is 17.7 Å². The minimum Gasteiger partial charge on any atom is -0.389 e. The van der Waals surface area contributed by atoms with Crippen molar-refractivity contribution in [2.24, 2.45) is 0 Å². The summed E-state index contributed by atoms with van der Waals surface area (Å²) in [6.07, 6.45) is -0.706. The zero-order chi connectivity index (χ0) is 14.0. The van der Waals surface area contributed by atoms with Crippen molar-refractivity contribution in [3.8, 4) is 0 Å². The topological polar surface area (TPSA) is 36.4 Å². The summed E-state index contributed by atoms with van der Waals surface area (Å²) < 4.78 is 13.6. The number of nitrogens with zero attached hydrogens (tertiary/aromatic N) is 2. The first-order valence-electron chi connectivity index (χ1n) is 6.05. The molecule has 102 valence electrons. The van der Waals surface area contributed by atoms with Crippen LogP contribution in [0.15, 0.2) is 23.0 Å². The van der Waals surface area contributed by atoms with Gasteiger partial charge in [0, 0.05) is 23.7 Å². The van der Waals surface area contributed by atoms with E-state index in [1.807, 2.05) is 17.3 Å². The first-order valence-corrected chi connectivity index (χ1v) is 6.99. The second kappa shape index (κ2) is 5.67. The quantitative estimate of drug-likeness (QED) is 0.933. The highest BCUT2D eigenvalue weighted by Crippen LogP contribution is 2.29. The Morgan fingerprint density at radius 1 is 1.47 bits per heavy atom. The van der Waals surface area contributed by atoms with Gasteiger partial charge in [0.25, 0.3) is 0 Å². The Morgan fingerprint density at radius 3 is 2.79 bits per heavy atom. The summed E-state index contributed by atoms with van der Waals surface area (Å²) in [5, 5.41) is 11.8. The Labute approximate surface area is 116 Å². The Hall–Kier alpha value is -1.46. The molecule has 0 radical (unpaired) electrons. The molecule has 0 aliphatic carbocycles. The molecule has 0 unspecified atom stereocenters. The monoisotopic (exact) mass is 280 g/mol. The van der Waals surface area contributed by atoms with Crippen LogP contribution in [0.3, 0.4) is 0 Å². The lowest BCUT2D eigenvalue weighted by Gasteiger charge is -2.23. The maximum atomic E-state index is 13.6. The summed E-state index contributed by atoms with van der Waals surface area (Å²) >= 11 is 1.55. The van der Waals surface area contributed by atoms with Gasteiger partial charge < -0.3 is 10.0 Å². The predicted octanol–water partition coefficient (Wildman–Crippen LogP) is 3.28. The van der Waals surface area contributed by atoms with Gasteiger partial charge in [0.15, 0.2) is 0 Å². The Morgan fingerprint density at radius 2 is 2.21 bits per heavy atom. The number of thiazole rings is 1. The van der Waals surface area contributed by atoms with Gasteiger partial charge in [-0.2, -0.15) is 0 Å². The van der Waals surface area contributed by atoms with Crippen LogP contribution in [0.5, 0.6) is 0 Å². The highest BCUT2D eigenvalue weighted by molar-refractivity contribution is 7.07. The fourth-order valence-corrected chi connectivity index (χ4v) is 2.54. The fraction of sp³-hybridized carbons (Fsp3) is 0.357. The molecule has 19 heavy (non-hydrogen) atoms. The van der Waals surface area contributed by atoms with Crippen molar-refractivity contribution in [3.63, 3.8) is 0 Å². The molecule has 1 aromatic heterocycles. The highest BCUT2D eigenvalue weighted by Gasteiger charge is 2.15. The summed E-state index contributed by atoms with van der Waals surface area (Å²) in [7, 11) is 1.91. The number of hydrogen-bond donors (Lipinski definition) is 1. The third-order valence-corrected chi connectivity index (χ3v) is 3.69. The molecule has 0 amide bonds. The SMILES string of the molecule is Cc1cc(N(C)Cc2cscn2)c([C@H](C)O)cc1F. The van der Waals surface area contributed by atoms with Crippen LogP contribution in [0.25, 0.3) is 0 Å². The van der Waals surface area contributed by atoms with E-state index in [2.05, 4.69) is 4.98 Å². The number of aryl methyl sites for hydroxylation is 1. The van der Waals surface area contributed by atoms with Gasteiger partial charge in [-0.15, -0.1) is 11.3 Å². The minimum atomic E-state index is -0.706. The number of aromatic nitrogens is 1. The van der Waals surface area contributed by atoms with E-state index in [4.69, 9.17) is 0 Å². The number of benzene rings is 1. The first-order chi connectivity index (χ1) is 8.99. The van der Waals surface area contributed by atoms with E-state index in [9.17, 15) is 9.50 Å². The Bertz CT molecular complexity index is 555. The number of aliphatic hydroxyl groups excluding tert-OH is 1. The van der Waals surface area contributed by atoms with Gasteiger partial charge in [0.1, 0.15) is 5.82 Å². The second-order valence-electron chi connectivity index (χ2n) is 4.67. The lowest BCUT2D eigenvalue weighted by atomic mass is 10.0. The van der Waals surface area contributed by atoms with Crippen LogP contribution in [0.2, 0.25) is 0 Å². The molecule has 1 N–H and O–H groups in total. The van der Waals surface area contributed by atoms with Crippen molar-refractivity contribution in [2.75, 3.05) is 11.9 Å². The number of halogens is 1. The molecular formula is C14H17FN2OS. The molecule has 5 heteroatoms. The molecule has 0 saturated heterocycles. The third-order valence-electron chi connectivity index (χ3n) is 3.05. The molecule has 1 atom stereocenters. The predicted molar refractivity (Wildman–Crippen MR) is 76.0 cm³/mol. The standard InChI is InChI=1S/C14H17FN2OS/c1-9-4-14(12(10(2)18)5-13(9)15)17(3)6-11-7-19-8-16-11/h4-5,7-8,10,18H,6H2,1-3H3/t10-/m0/s1. The maximum absolute atomic E-state index is 13.6. The zero-order valence-electron chi connectivity index (χ0n) is 11.2. The largest absolute Gasteiger partial charge is 0.389 e. The van der Waals surface area contributed by atoms with E-state index < -0.39 is 6.10 Å². The average molecular weight is 280 g/mol. The molecule has 0 aliphatic heterocycles. The fourth-order valence-electron chi connectivity index (χ4n) is 1.99. The van der Waals surface area contributed by atoms with Crippen molar-refractivity contribution < 1.29 is 9.50 Å². The number of anilines is 1. The van der Waals surface area contributed by atoms with E-state index >= 15 is 0 Å². The highest BCUT2D eigenvalue weighted by atomic mass is 32.1. The number of rotatable bonds is 4. The van der Waals surface area contributed by atoms with Gasteiger partial charge in [0.2, 0.25) is 0 Å². The average Bonchev–Trinajstić information content (AvgIpc) is 2.84. The summed E-state index contributed by atoms with van der Waals surface area (Å²) in [5.74, 6) is -0.290. The van der Waals surface area contributed by atoms with Gasteiger partial charge in [0.05, 0.1) is 23.9 Å². The summed E-state index contributed by atoms with van der Waals surface area (Å²) in [6.45, 7) is 4.00. The Balaban J connectivity index is 2.34. The number of hydrogen-bond acceptors (Lipinski definition) is 4. The van der Waals surface area contributed by atoms with Crippen molar-refractivity contribution in [2.45, 2.75) is 26.5 Å². The van der Waals surface area contributed by atoms with Crippen LogP contribution < -0.4 is 4.90 Å². The van der Waals surface area contributed by atoms with Crippen molar-refractivity contribution >= 4 is 17.0 Å². The van der Waals surface area contributed by atoms with Crippen LogP contribution in [0, 0.1) is 12.7 Å². The first kappa shape index (κ1) is 14.0. The molecule has 2 rings (SSSR count). The van der Waals surface area contributed by atoms with Gasteiger partial charge in [-0.3, -0.25) is 0 Å². The molecule has 0 fully saturated rings. The van der Waals surface area contributed by atoms with Gasteiger partial charge in [-0.05, 0) is 31.5 Å². The molecule has 1 aromatic carbocycles. The van der Waals surface area contributed by atoms with Gasteiger partial charge in [-0.1, -0.05) is 0 Å². The molecule has 3 nitrogen and oxygen atoms in total. The van der Waals surface area contributed by atoms with Gasteiger partial charge in [-0.25, -0.2) is 9.37 Å². The van der Waals surface area contributed by atoms with Crippen molar-refractivity contribution in [3.05, 3.63) is 45.7 Å². The van der Waals surface area contributed by atoms with E-state index in [-0.39, 0.29) is 5.82 Å². The van der Waals surface area contributed by atoms with Crippen molar-refractivity contribution in [1.29, 1.82) is 0 Å². The Kier molecular flexibility index (Phi) is 4.17. The molecule has 0 aliphatic rings. The van der Waals surface area contributed by atoms with Crippen LogP contribution >= 0.6 is 11.3 Å². The zero-order valence-corrected chi connectivity index (χ0v) is 12.0. The molecule has 2 aromatic rings. The molecule has 0 spiro atoms. The maximum Gasteiger partial charge on any atom is 0.126 e. The second-order valence-corrected chi connectivity index (χ2v) is 5.39. The normalized spacial score (nSPS) is 12.5. The van der Waals surface area contributed by atoms with E-state index in [1.54, 1.807) is 36.8 Å². The van der Waals surface area contributed by atoms with Crippen LogP contribution in [-0.2, 0) is 6.54 Å². The summed E-state index contributed by atoms with van der Waals surface area (Å²) in [4.78, 5) is 6.21. The van der Waals surface area contributed by atoms with Crippen LogP contribution in [0.4, 0.5) is 10.1 Å². The van der Waals surface area contributed by atoms with Crippen LogP contribution in [0.1, 0.15) is 29.8 Å². The summed E-state index contributed by atoms with van der Waals surface area (Å²) in [5.41, 5.74) is 4.76. The van der Waals surface area contributed by atoms with E-state index in [1.165, 1.54) is 6.07 Å². The molecule has 0 bridgehead atoms. The molecular weight excluding hydrogens is 263 g/mol.